The third-order valence-corrected chi connectivity index (χ3v) is 5.15. The van der Waals surface area contributed by atoms with Gasteiger partial charge in [0.1, 0.15) is 12.0 Å². The zero-order valence-electron chi connectivity index (χ0n) is 15.7. The zero-order valence-corrected chi connectivity index (χ0v) is 15.7. The minimum absolute atomic E-state index is 0.0744. The Morgan fingerprint density at radius 1 is 1.36 bits per heavy atom. The Bertz CT molecular complexity index is 1160. The van der Waals surface area contributed by atoms with Crippen LogP contribution in [0.3, 0.4) is 0 Å². The minimum Gasteiger partial charge on any atom is -0.398 e. The van der Waals surface area contributed by atoms with Crippen LogP contribution < -0.4 is 16.6 Å². The molecule has 3 aromatic rings. The number of alkyl halides is 1. The number of aromatic nitrogens is 2. The first-order valence-corrected chi connectivity index (χ1v) is 9.23. The lowest BCUT2D eigenvalue weighted by atomic mass is 9.98. The highest BCUT2D eigenvalue weighted by atomic mass is 19.1. The van der Waals surface area contributed by atoms with E-state index in [4.69, 9.17) is 5.73 Å². The molecular formula is C21H21FN4O2. The number of halogens is 1. The molecule has 7 heteroatoms. The lowest BCUT2D eigenvalue weighted by Crippen LogP contribution is -2.18. The highest BCUT2D eigenvalue weighted by Gasteiger charge is 2.43. The maximum Gasteiger partial charge on any atom is 0.251 e. The van der Waals surface area contributed by atoms with Crippen LogP contribution in [0.5, 0.6) is 0 Å². The summed E-state index contributed by atoms with van der Waals surface area (Å²) in [5, 5.41) is 4.19. The number of benzene rings is 1. The Hall–Kier alpha value is -3.22. The van der Waals surface area contributed by atoms with Gasteiger partial charge in [0, 0.05) is 36.1 Å². The van der Waals surface area contributed by atoms with Gasteiger partial charge in [-0.1, -0.05) is 0 Å². The van der Waals surface area contributed by atoms with Crippen LogP contribution in [0.25, 0.3) is 21.9 Å². The van der Waals surface area contributed by atoms with Crippen LogP contribution in [-0.4, -0.2) is 21.6 Å². The van der Waals surface area contributed by atoms with Gasteiger partial charge >= 0.3 is 0 Å². The number of nitrogen functional groups attached to an aromatic ring is 1. The van der Waals surface area contributed by atoms with Gasteiger partial charge in [0.2, 0.25) is 5.91 Å². The standard InChI is InChI=1S/C21H21FN4O2/c1-3-26-10-11(2)14(8-20(26)27)12-4-13-6-19(24-9-16(13)18(23)5-12)25-21(28)15-7-17(15)22/h4-6,8-10,15,17H,3,7,23H2,1-2H3,(H,24,25,28). The van der Waals surface area contributed by atoms with E-state index in [0.29, 0.717) is 18.1 Å². The van der Waals surface area contributed by atoms with Gasteiger partial charge in [-0.25, -0.2) is 9.37 Å². The van der Waals surface area contributed by atoms with Gasteiger partial charge in [-0.05, 0) is 60.5 Å². The summed E-state index contributed by atoms with van der Waals surface area (Å²) in [6.45, 7) is 4.47. The van der Waals surface area contributed by atoms with Gasteiger partial charge in [-0.15, -0.1) is 0 Å². The summed E-state index contributed by atoms with van der Waals surface area (Å²) in [7, 11) is 0. The number of nitrogens with zero attached hydrogens (tertiary/aromatic N) is 2. The number of hydrogen-bond donors (Lipinski definition) is 2. The molecule has 1 aromatic carbocycles. The fraction of sp³-hybridized carbons (Fsp3) is 0.286. The van der Waals surface area contributed by atoms with Crippen molar-refractivity contribution in [3.8, 4) is 11.1 Å². The van der Waals surface area contributed by atoms with Crippen molar-refractivity contribution >= 4 is 28.2 Å². The van der Waals surface area contributed by atoms with E-state index in [1.165, 1.54) is 0 Å². The summed E-state index contributed by atoms with van der Waals surface area (Å²) < 4.78 is 14.7. The number of carbonyl (C=O) groups is 1. The molecule has 1 aliphatic rings. The first-order valence-electron chi connectivity index (χ1n) is 9.23. The number of fused-ring (bicyclic) bond motifs is 1. The molecule has 0 aliphatic heterocycles. The summed E-state index contributed by atoms with van der Waals surface area (Å²) in [6, 6.07) is 7.05. The van der Waals surface area contributed by atoms with Crippen LogP contribution in [0.15, 0.2) is 41.5 Å². The SMILES string of the molecule is CCn1cc(C)c(-c2cc(N)c3cnc(NC(=O)C4CC4F)cc3c2)cc1=O. The van der Waals surface area contributed by atoms with Crippen molar-refractivity contribution < 1.29 is 9.18 Å². The molecule has 0 saturated heterocycles. The third kappa shape index (κ3) is 3.24. The van der Waals surface area contributed by atoms with E-state index in [0.717, 1.165) is 27.5 Å². The molecule has 2 unspecified atom stereocenters. The lowest BCUT2D eigenvalue weighted by molar-refractivity contribution is -0.117. The second kappa shape index (κ2) is 6.74. The molecule has 144 valence electrons. The predicted octanol–water partition coefficient (Wildman–Crippen LogP) is 3.27. The molecular weight excluding hydrogens is 359 g/mol. The quantitative estimate of drug-likeness (QED) is 0.680. The number of nitrogens with one attached hydrogen (secondary N) is 1. The molecule has 2 atom stereocenters. The molecule has 2 heterocycles. The van der Waals surface area contributed by atoms with E-state index in [-0.39, 0.29) is 17.9 Å². The van der Waals surface area contributed by atoms with Gasteiger partial charge in [0.15, 0.2) is 0 Å². The largest absolute Gasteiger partial charge is 0.398 e. The lowest BCUT2D eigenvalue weighted by Gasteiger charge is -2.12. The summed E-state index contributed by atoms with van der Waals surface area (Å²) >= 11 is 0. The van der Waals surface area contributed by atoms with Crippen molar-refractivity contribution in [1.82, 2.24) is 9.55 Å². The number of pyridine rings is 2. The van der Waals surface area contributed by atoms with Crippen LogP contribution in [0.1, 0.15) is 18.9 Å². The number of amides is 1. The second-order valence-electron chi connectivity index (χ2n) is 7.20. The summed E-state index contributed by atoms with van der Waals surface area (Å²) in [5.41, 5.74) is 9.25. The van der Waals surface area contributed by atoms with Crippen LogP contribution in [-0.2, 0) is 11.3 Å². The molecule has 1 aliphatic carbocycles. The summed E-state index contributed by atoms with van der Waals surface area (Å²) in [6.07, 6.45) is 2.63. The van der Waals surface area contributed by atoms with E-state index in [1.807, 2.05) is 32.2 Å². The molecule has 28 heavy (non-hydrogen) atoms. The normalized spacial score (nSPS) is 18.2. The molecule has 0 radical (unpaired) electrons. The Labute approximate surface area is 161 Å². The Morgan fingerprint density at radius 2 is 2.11 bits per heavy atom. The summed E-state index contributed by atoms with van der Waals surface area (Å²) in [5.74, 6) is -0.588. The molecule has 1 fully saturated rings. The fourth-order valence-electron chi connectivity index (χ4n) is 3.41. The van der Waals surface area contributed by atoms with Crippen molar-refractivity contribution in [3.05, 3.63) is 52.6 Å². The third-order valence-electron chi connectivity index (χ3n) is 5.15. The van der Waals surface area contributed by atoms with Gasteiger partial charge in [-0.3, -0.25) is 9.59 Å². The zero-order chi connectivity index (χ0) is 20.0. The molecule has 4 rings (SSSR count). The van der Waals surface area contributed by atoms with Crippen molar-refractivity contribution in [1.29, 1.82) is 0 Å². The summed E-state index contributed by atoms with van der Waals surface area (Å²) in [4.78, 5) is 28.4. The molecule has 2 aromatic heterocycles. The van der Waals surface area contributed by atoms with Gasteiger partial charge in [-0.2, -0.15) is 0 Å². The molecule has 6 nitrogen and oxygen atoms in total. The first-order chi connectivity index (χ1) is 13.4. The fourth-order valence-corrected chi connectivity index (χ4v) is 3.41. The van der Waals surface area contributed by atoms with Crippen molar-refractivity contribution in [2.75, 3.05) is 11.1 Å². The van der Waals surface area contributed by atoms with Crippen LogP contribution in [0.2, 0.25) is 0 Å². The van der Waals surface area contributed by atoms with E-state index in [2.05, 4.69) is 10.3 Å². The number of hydrogen-bond acceptors (Lipinski definition) is 4. The monoisotopic (exact) mass is 380 g/mol. The number of nitrogens with two attached hydrogens (primary N) is 1. The van der Waals surface area contributed by atoms with Crippen molar-refractivity contribution in [2.24, 2.45) is 5.92 Å². The van der Waals surface area contributed by atoms with Gasteiger partial charge in [0.25, 0.3) is 5.56 Å². The number of anilines is 2. The highest BCUT2D eigenvalue weighted by molar-refractivity contribution is 6.00. The average Bonchev–Trinajstić information content (AvgIpc) is 3.39. The van der Waals surface area contributed by atoms with E-state index >= 15 is 0 Å². The maximum atomic E-state index is 13.1. The minimum atomic E-state index is -1.06. The Morgan fingerprint density at radius 3 is 2.79 bits per heavy atom. The predicted molar refractivity (Wildman–Crippen MR) is 108 cm³/mol. The number of rotatable bonds is 4. The van der Waals surface area contributed by atoms with Crippen molar-refractivity contribution in [3.63, 3.8) is 0 Å². The second-order valence-corrected chi connectivity index (χ2v) is 7.20. The average molecular weight is 380 g/mol. The molecule has 0 bridgehead atoms. The molecule has 3 N–H and O–H groups in total. The van der Waals surface area contributed by atoms with Gasteiger partial charge in [0.05, 0.1) is 5.92 Å². The van der Waals surface area contributed by atoms with E-state index < -0.39 is 12.1 Å². The highest BCUT2D eigenvalue weighted by Crippen LogP contribution is 2.35. The Kier molecular flexibility index (Phi) is 4.37. The smallest absolute Gasteiger partial charge is 0.251 e. The molecule has 0 spiro atoms. The number of aryl methyl sites for hydroxylation is 2. The number of carbonyl (C=O) groups excluding carboxylic acids is 1. The molecule has 1 saturated carbocycles. The van der Waals surface area contributed by atoms with Gasteiger partial charge < -0.3 is 15.6 Å². The van der Waals surface area contributed by atoms with E-state index in [1.54, 1.807) is 22.9 Å². The topological polar surface area (TPSA) is 90.0 Å². The Balaban J connectivity index is 1.75. The van der Waals surface area contributed by atoms with Crippen molar-refractivity contribution in [2.45, 2.75) is 33.0 Å². The van der Waals surface area contributed by atoms with Crippen LogP contribution in [0, 0.1) is 12.8 Å². The molecule has 1 amide bonds. The van der Waals surface area contributed by atoms with Crippen LogP contribution in [0.4, 0.5) is 15.9 Å². The van der Waals surface area contributed by atoms with Crippen LogP contribution >= 0.6 is 0 Å². The maximum absolute atomic E-state index is 13.1. The first kappa shape index (κ1) is 18.2. The van der Waals surface area contributed by atoms with E-state index in [9.17, 15) is 14.0 Å².